The fraction of sp³-hybridized carbons (Fsp3) is 0.120. The van der Waals surface area contributed by atoms with Gasteiger partial charge < -0.3 is 19.3 Å². The summed E-state index contributed by atoms with van der Waals surface area (Å²) in [5, 5.41) is 14.7. The zero-order valence-electron chi connectivity index (χ0n) is 18.3. The lowest BCUT2D eigenvalue weighted by Gasteiger charge is -2.28. The van der Waals surface area contributed by atoms with Crippen molar-refractivity contribution in [1.29, 1.82) is 0 Å². The molecule has 0 unspecified atom stereocenters. The molecule has 4 heterocycles. The van der Waals surface area contributed by atoms with Crippen LogP contribution in [-0.4, -0.2) is 43.9 Å². The van der Waals surface area contributed by atoms with Crippen LogP contribution in [0.1, 0.15) is 22.6 Å². The van der Waals surface area contributed by atoms with Crippen molar-refractivity contribution in [3.05, 3.63) is 83.9 Å². The molecule has 0 fully saturated rings. The molecule has 9 heteroatoms. The summed E-state index contributed by atoms with van der Waals surface area (Å²) in [6.45, 7) is 0. The summed E-state index contributed by atoms with van der Waals surface area (Å²) in [5.74, 6) is 2.49. The SMILES string of the molecule is COc1ccc([C@H]2c3ccc(O)cc3Oc3ncn4nc(-c5cccnc5)nc4c32)cc1OC. The van der Waals surface area contributed by atoms with E-state index in [0.717, 1.165) is 22.3 Å². The molecule has 6 rings (SSSR count). The molecule has 0 amide bonds. The smallest absolute Gasteiger partial charge is 0.228 e. The van der Waals surface area contributed by atoms with Crippen molar-refractivity contribution in [2.24, 2.45) is 0 Å². The standard InChI is InChI=1S/C25H19N5O4/c1-32-18-8-5-14(10-20(18)33-2)21-17-7-6-16(31)11-19(17)34-25-22(21)24-28-23(29-30(24)13-27-25)15-4-3-9-26-12-15/h3-13,21,31H,1-2H3/t21-/m0/s1. The van der Waals surface area contributed by atoms with E-state index in [1.807, 2.05) is 36.4 Å². The maximum absolute atomic E-state index is 10.1. The molecule has 2 aromatic carbocycles. The van der Waals surface area contributed by atoms with Crippen LogP contribution in [0.2, 0.25) is 0 Å². The lowest BCUT2D eigenvalue weighted by Crippen LogP contribution is -2.15. The minimum Gasteiger partial charge on any atom is -0.508 e. The van der Waals surface area contributed by atoms with Crippen LogP contribution >= 0.6 is 0 Å². The van der Waals surface area contributed by atoms with Gasteiger partial charge in [0.15, 0.2) is 23.0 Å². The van der Waals surface area contributed by atoms with Gasteiger partial charge in [0.05, 0.1) is 19.8 Å². The highest BCUT2D eigenvalue weighted by atomic mass is 16.5. The Bertz CT molecular complexity index is 1530. The number of methoxy groups -OCH3 is 2. The Morgan fingerprint density at radius 2 is 1.91 bits per heavy atom. The third-order valence-corrected chi connectivity index (χ3v) is 5.85. The lowest BCUT2D eigenvalue weighted by molar-refractivity contribution is 0.354. The summed E-state index contributed by atoms with van der Waals surface area (Å²) in [4.78, 5) is 13.5. The molecule has 0 aliphatic carbocycles. The van der Waals surface area contributed by atoms with Crippen molar-refractivity contribution in [3.63, 3.8) is 0 Å². The molecular formula is C25H19N5O4. The average Bonchev–Trinajstić information content (AvgIpc) is 3.32. The number of phenolic OH excluding ortho intramolecular Hbond substituents is 1. The van der Waals surface area contributed by atoms with Gasteiger partial charge in [-0.05, 0) is 35.9 Å². The summed E-state index contributed by atoms with van der Waals surface area (Å²) in [5.41, 5.74) is 3.95. The molecule has 1 aliphatic heterocycles. The van der Waals surface area contributed by atoms with Gasteiger partial charge in [-0.1, -0.05) is 12.1 Å². The first-order valence-electron chi connectivity index (χ1n) is 10.5. The molecule has 9 nitrogen and oxygen atoms in total. The number of hydrogen-bond donors (Lipinski definition) is 1. The average molecular weight is 453 g/mol. The first-order valence-corrected chi connectivity index (χ1v) is 10.5. The molecule has 34 heavy (non-hydrogen) atoms. The monoisotopic (exact) mass is 453 g/mol. The number of aromatic nitrogens is 5. The summed E-state index contributed by atoms with van der Waals surface area (Å²) >= 11 is 0. The van der Waals surface area contributed by atoms with Crippen LogP contribution in [0, 0.1) is 0 Å². The van der Waals surface area contributed by atoms with Gasteiger partial charge in [-0.2, -0.15) is 0 Å². The molecule has 0 saturated heterocycles. The van der Waals surface area contributed by atoms with Crippen LogP contribution in [0.5, 0.6) is 28.9 Å². The quantitative estimate of drug-likeness (QED) is 0.424. The van der Waals surface area contributed by atoms with E-state index in [9.17, 15) is 5.11 Å². The highest BCUT2D eigenvalue weighted by Gasteiger charge is 2.34. The van der Waals surface area contributed by atoms with Crippen molar-refractivity contribution >= 4 is 5.65 Å². The number of phenols is 1. The molecular weight excluding hydrogens is 434 g/mol. The Balaban J connectivity index is 1.61. The van der Waals surface area contributed by atoms with Crippen molar-refractivity contribution in [2.75, 3.05) is 14.2 Å². The van der Waals surface area contributed by atoms with E-state index < -0.39 is 0 Å². The maximum Gasteiger partial charge on any atom is 0.228 e. The molecule has 1 aliphatic rings. The molecule has 3 aromatic heterocycles. The maximum atomic E-state index is 10.1. The summed E-state index contributed by atoms with van der Waals surface area (Å²) < 4.78 is 18.7. The van der Waals surface area contributed by atoms with Crippen molar-refractivity contribution in [1.82, 2.24) is 24.6 Å². The summed E-state index contributed by atoms with van der Waals surface area (Å²) in [6, 6.07) is 14.6. The number of pyridine rings is 1. The van der Waals surface area contributed by atoms with E-state index in [0.29, 0.717) is 34.6 Å². The number of ether oxygens (including phenoxy) is 3. The second-order valence-electron chi connectivity index (χ2n) is 7.78. The van der Waals surface area contributed by atoms with E-state index >= 15 is 0 Å². The van der Waals surface area contributed by atoms with Gasteiger partial charge in [-0.3, -0.25) is 4.98 Å². The zero-order valence-corrected chi connectivity index (χ0v) is 18.3. The van der Waals surface area contributed by atoms with Crippen molar-refractivity contribution in [3.8, 4) is 40.3 Å². The van der Waals surface area contributed by atoms with Crippen LogP contribution in [0.4, 0.5) is 0 Å². The third kappa shape index (κ3) is 3.09. The van der Waals surface area contributed by atoms with Gasteiger partial charge >= 0.3 is 0 Å². The normalized spacial score (nSPS) is 14.2. The topological polar surface area (TPSA) is 104 Å². The minimum atomic E-state index is -0.304. The minimum absolute atomic E-state index is 0.107. The Morgan fingerprint density at radius 1 is 1.03 bits per heavy atom. The van der Waals surface area contributed by atoms with Gasteiger partial charge in [0.1, 0.15) is 17.8 Å². The molecule has 1 atom stereocenters. The fourth-order valence-corrected chi connectivity index (χ4v) is 4.30. The summed E-state index contributed by atoms with van der Waals surface area (Å²) in [6.07, 6.45) is 4.99. The van der Waals surface area contributed by atoms with Gasteiger partial charge in [-0.25, -0.2) is 14.5 Å². The molecule has 0 saturated carbocycles. The van der Waals surface area contributed by atoms with E-state index in [-0.39, 0.29) is 11.7 Å². The molecule has 0 radical (unpaired) electrons. The number of aromatic hydroxyl groups is 1. The van der Waals surface area contributed by atoms with Gasteiger partial charge in [0, 0.05) is 35.5 Å². The number of hydrogen-bond acceptors (Lipinski definition) is 8. The van der Waals surface area contributed by atoms with E-state index in [4.69, 9.17) is 19.2 Å². The van der Waals surface area contributed by atoms with Crippen LogP contribution in [0.25, 0.3) is 17.0 Å². The first-order chi connectivity index (χ1) is 16.7. The van der Waals surface area contributed by atoms with E-state index in [1.54, 1.807) is 49.6 Å². The molecule has 0 spiro atoms. The van der Waals surface area contributed by atoms with E-state index in [2.05, 4.69) is 15.1 Å². The lowest BCUT2D eigenvalue weighted by atomic mass is 9.83. The van der Waals surface area contributed by atoms with E-state index in [1.165, 1.54) is 0 Å². The van der Waals surface area contributed by atoms with Crippen LogP contribution in [-0.2, 0) is 0 Å². The molecule has 1 N–H and O–H groups in total. The number of fused-ring (bicyclic) bond motifs is 4. The fourth-order valence-electron chi connectivity index (χ4n) is 4.30. The van der Waals surface area contributed by atoms with Gasteiger partial charge in [0.2, 0.25) is 5.88 Å². The Morgan fingerprint density at radius 3 is 2.71 bits per heavy atom. The second-order valence-corrected chi connectivity index (χ2v) is 7.78. The van der Waals surface area contributed by atoms with Crippen molar-refractivity contribution in [2.45, 2.75) is 5.92 Å². The van der Waals surface area contributed by atoms with Gasteiger partial charge in [0.25, 0.3) is 0 Å². The number of benzene rings is 2. The summed E-state index contributed by atoms with van der Waals surface area (Å²) in [7, 11) is 3.20. The van der Waals surface area contributed by atoms with Crippen LogP contribution in [0.15, 0.2) is 67.3 Å². The predicted molar refractivity (Wildman–Crippen MR) is 123 cm³/mol. The molecule has 5 aromatic rings. The second kappa shape index (κ2) is 7.73. The Kier molecular flexibility index (Phi) is 4.54. The van der Waals surface area contributed by atoms with Crippen molar-refractivity contribution < 1.29 is 19.3 Å². The third-order valence-electron chi connectivity index (χ3n) is 5.85. The Labute approximate surface area is 194 Å². The van der Waals surface area contributed by atoms with Gasteiger partial charge in [-0.15, -0.1) is 5.10 Å². The predicted octanol–water partition coefficient (Wildman–Crippen LogP) is 4.20. The zero-order chi connectivity index (χ0) is 23.2. The highest BCUT2D eigenvalue weighted by Crippen LogP contribution is 2.49. The first kappa shape index (κ1) is 20.0. The number of rotatable bonds is 4. The largest absolute Gasteiger partial charge is 0.508 e. The highest BCUT2D eigenvalue weighted by molar-refractivity contribution is 5.69. The number of nitrogens with zero attached hydrogens (tertiary/aromatic N) is 5. The van der Waals surface area contributed by atoms with Crippen LogP contribution in [0.3, 0.4) is 0 Å². The van der Waals surface area contributed by atoms with Crippen LogP contribution < -0.4 is 14.2 Å². The molecule has 0 bridgehead atoms. The Hall–Kier alpha value is -4.66. The molecule has 168 valence electrons.